The number of ether oxygens (including phenoxy) is 1. The van der Waals surface area contributed by atoms with Crippen molar-refractivity contribution in [3.8, 4) is 0 Å². The van der Waals surface area contributed by atoms with E-state index in [1.54, 1.807) is 24.2 Å². The van der Waals surface area contributed by atoms with Gasteiger partial charge in [-0.25, -0.2) is 4.98 Å². The van der Waals surface area contributed by atoms with Crippen LogP contribution in [0.15, 0.2) is 23.1 Å². The van der Waals surface area contributed by atoms with E-state index in [9.17, 15) is 4.79 Å². The summed E-state index contributed by atoms with van der Waals surface area (Å²) in [6, 6.07) is 0. The van der Waals surface area contributed by atoms with Crippen molar-refractivity contribution in [1.82, 2.24) is 19.7 Å². The molecule has 0 atom stereocenters. The van der Waals surface area contributed by atoms with Crippen LogP contribution < -0.4 is 0 Å². The molecule has 17 heavy (non-hydrogen) atoms. The highest BCUT2D eigenvalue weighted by atomic mass is 79.9. The van der Waals surface area contributed by atoms with Crippen molar-refractivity contribution < 1.29 is 9.53 Å². The van der Waals surface area contributed by atoms with E-state index < -0.39 is 0 Å². The Bertz CT molecular complexity index is 506. The van der Waals surface area contributed by atoms with Crippen LogP contribution in [0.4, 0.5) is 0 Å². The summed E-state index contributed by atoms with van der Waals surface area (Å²) in [6.45, 7) is 1.01. The van der Waals surface area contributed by atoms with Crippen molar-refractivity contribution in [1.29, 1.82) is 0 Å². The number of carbonyl (C=O) groups excluding carboxylic acids is 1. The molecule has 0 unspecified atom stereocenters. The maximum atomic E-state index is 12.1. The summed E-state index contributed by atoms with van der Waals surface area (Å²) in [7, 11) is 1.60. The molecule has 0 bridgehead atoms. The van der Waals surface area contributed by atoms with Gasteiger partial charge >= 0.3 is 0 Å². The quantitative estimate of drug-likeness (QED) is 0.843. The number of aromatic nitrogens is 4. The van der Waals surface area contributed by atoms with Crippen molar-refractivity contribution >= 4 is 21.7 Å². The maximum Gasteiger partial charge on any atom is 0.247 e. The molecule has 7 heteroatoms. The number of imidazole rings is 1. The second-order valence-electron chi connectivity index (χ2n) is 3.32. The number of hydrogen-bond acceptors (Lipinski definition) is 4. The predicted molar refractivity (Wildman–Crippen MR) is 63.8 cm³/mol. The molecule has 0 aliphatic rings. The minimum atomic E-state index is -0.199. The molecule has 1 N–H and O–H groups in total. The number of rotatable bonds is 5. The molecule has 0 aliphatic heterocycles. The number of hydrogen-bond donors (Lipinski definition) is 1. The van der Waals surface area contributed by atoms with Gasteiger partial charge in [0.2, 0.25) is 5.78 Å². The first-order chi connectivity index (χ1) is 8.24. The number of methoxy groups -OCH3 is 1. The van der Waals surface area contributed by atoms with E-state index >= 15 is 0 Å². The number of carbonyl (C=O) groups is 1. The van der Waals surface area contributed by atoms with E-state index in [1.165, 1.54) is 6.20 Å². The number of H-pyrrole nitrogens is 1. The monoisotopic (exact) mass is 298 g/mol. The van der Waals surface area contributed by atoms with E-state index in [-0.39, 0.29) is 5.78 Å². The molecule has 90 valence electrons. The Balaban J connectivity index is 2.31. The Morgan fingerprint density at radius 2 is 2.47 bits per heavy atom. The summed E-state index contributed by atoms with van der Waals surface area (Å²) in [5.74, 6) is 0.0975. The standard InChI is InChI=1S/C10H11BrN4O2/c1-17-5-4-15-8(7(11)6-14-15)9(16)10-12-2-3-13-10/h2-3,6H,4-5H2,1H3,(H,12,13). The van der Waals surface area contributed by atoms with Gasteiger partial charge in [-0.3, -0.25) is 9.48 Å². The van der Waals surface area contributed by atoms with Crippen LogP contribution in [0.5, 0.6) is 0 Å². The van der Waals surface area contributed by atoms with Crippen LogP contribution in [-0.4, -0.2) is 39.2 Å². The zero-order valence-corrected chi connectivity index (χ0v) is 10.8. The van der Waals surface area contributed by atoms with E-state index in [0.717, 1.165) is 0 Å². The van der Waals surface area contributed by atoms with Crippen LogP contribution in [0.25, 0.3) is 0 Å². The largest absolute Gasteiger partial charge is 0.383 e. The average molecular weight is 299 g/mol. The van der Waals surface area contributed by atoms with Gasteiger partial charge in [-0.2, -0.15) is 5.10 Å². The third kappa shape index (κ3) is 2.45. The normalized spacial score (nSPS) is 10.7. The minimum absolute atomic E-state index is 0.199. The molecule has 0 spiro atoms. The first-order valence-corrected chi connectivity index (χ1v) is 5.77. The van der Waals surface area contributed by atoms with Crippen molar-refractivity contribution in [2.75, 3.05) is 13.7 Å². The summed E-state index contributed by atoms with van der Waals surface area (Å²) < 4.78 is 7.21. The fourth-order valence-electron chi connectivity index (χ4n) is 1.44. The second kappa shape index (κ2) is 5.24. The summed E-state index contributed by atoms with van der Waals surface area (Å²) in [6.07, 6.45) is 4.74. The van der Waals surface area contributed by atoms with Gasteiger partial charge in [-0.05, 0) is 15.9 Å². The number of nitrogens with one attached hydrogen (secondary N) is 1. The molecule has 0 radical (unpaired) electrons. The molecule has 0 aliphatic carbocycles. The Hall–Kier alpha value is -1.47. The fourth-order valence-corrected chi connectivity index (χ4v) is 1.91. The number of aromatic amines is 1. The molecule has 0 fully saturated rings. The van der Waals surface area contributed by atoms with Crippen LogP contribution in [0.1, 0.15) is 16.3 Å². The molecular formula is C10H11BrN4O2. The maximum absolute atomic E-state index is 12.1. The van der Waals surface area contributed by atoms with E-state index in [2.05, 4.69) is 31.0 Å². The van der Waals surface area contributed by atoms with Crippen LogP contribution in [0, 0.1) is 0 Å². The van der Waals surface area contributed by atoms with Gasteiger partial charge in [0.05, 0.1) is 23.8 Å². The smallest absolute Gasteiger partial charge is 0.247 e. The topological polar surface area (TPSA) is 72.8 Å². The Morgan fingerprint density at radius 1 is 1.65 bits per heavy atom. The minimum Gasteiger partial charge on any atom is -0.383 e. The molecule has 0 saturated heterocycles. The van der Waals surface area contributed by atoms with Crippen molar-refractivity contribution in [2.24, 2.45) is 0 Å². The van der Waals surface area contributed by atoms with Crippen LogP contribution in [0.2, 0.25) is 0 Å². The first kappa shape index (κ1) is 12.0. The highest BCUT2D eigenvalue weighted by molar-refractivity contribution is 9.10. The lowest BCUT2D eigenvalue weighted by Crippen LogP contribution is -2.15. The first-order valence-electron chi connectivity index (χ1n) is 4.98. The van der Waals surface area contributed by atoms with Crippen LogP contribution in [-0.2, 0) is 11.3 Å². The van der Waals surface area contributed by atoms with Gasteiger partial charge in [0.15, 0.2) is 5.82 Å². The fraction of sp³-hybridized carbons (Fsp3) is 0.300. The van der Waals surface area contributed by atoms with Gasteiger partial charge in [-0.1, -0.05) is 0 Å². The third-order valence-electron chi connectivity index (χ3n) is 2.23. The zero-order valence-electron chi connectivity index (χ0n) is 9.18. The number of ketones is 1. The molecule has 0 saturated carbocycles. The second-order valence-corrected chi connectivity index (χ2v) is 4.18. The van der Waals surface area contributed by atoms with Crippen LogP contribution >= 0.6 is 15.9 Å². The highest BCUT2D eigenvalue weighted by Crippen LogP contribution is 2.18. The van der Waals surface area contributed by atoms with E-state index in [1.807, 2.05) is 0 Å². The lowest BCUT2D eigenvalue weighted by atomic mass is 10.2. The lowest BCUT2D eigenvalue weighted by Gasteiger charge is -2.05. The molecule has 0 amide bonds. The lowest BCUT2D eigenvalue weighted by molar-refractivity contribution is 0.101. The van der Waals surface area contributed by atoms with Gasteiger partial charge < -0.3 is 9.72 Å². The van der Waals surface area contributed by atoms with Gasteiger partial charge in [0.25, 0.3) is 0 Å². The van der Waals surface area contributed by atoms with Crippen molar-refractivity contribution in [3.63, 3.8) is 0 Å². The summed E-state index contributed by atoms with van der Waals surface area (Å²) in [4.78, 5) is 18.9. The summed E-state index contributed by atoms with van der Waals surface area (Å²) >= 11 is 3.31. The SMILES string of the molecule is COCCn1ncc(Br)c1C(=O)c1ncc[nH]1. The van der Waals surface area contributed by atoms with Gasteiger partial charge in [-0.15, -0.1) is 0 Å². The average Bonchev–Trinajstić information content (AvgIpc) is 2.95. The van der Waals surface area contributed by atoms with Gasteiger partial charge in [0.1, 0.15) is 5.69 Å². The molecule has 2 heterocycles. The van der Waals surface area contributed by atoms with E-state index in [4.69, 9.17) is 4.74 Å². The molecule has 6 nitrogen and oxygen atoms in total. The Kier molecular flexibility index (Phi) is 3.70. The summed E-state index contributed by atoms with van der Waals surface area (Å²) in [5, 5.41) is 4.11. The molecule has 2 rings (SSSR count). The molecule has 0 aromatic carbocycles. The Labute approximate surface area is 106 Å². The molecular weight excluding hydrogens is 288 g/mol. The van der Waals surface area contributed by atoms with E-state index in [0.29, 0.717) is 29.1 Å². The number of nitrogens with zero attached hydrogens (tertiary/aromatic N) is 3. The van der Waals surface area contributed by atoms with Crippen molar-refractivity contribution in [3.05, 3.63) is 34.6 Å². The predicted octanol–water partition coefficient (Wildman–Crippen LogP) is 1.25. The Morgan fingerprint density at radius 3 is 3.12 bits per heavy atom. The molecule has 2 aromatic rings. The highest BCUT2D eigenvalue weighted by Gasteiger charge is 2.20. The van der Waals surface area contributed by atoms with Crippen LogP contribution in [0.3, 0.4) is 0 Å². The third-order valence-corrected chi connectivity index (χ3v) is 2.81. The van der Waals surface area contributed by atoms with Gasteiger partial charge in [0, 0.05) is 19.5 Å². The zero-order chi connectivity index (χ0) is 12.3. The molecule has 2 aromatic heterocycles. The number of halogens is 1. The summed E-state index contributed by atoms with van der Waals surface area (Å²) in [5.41, 5.74) is 0.469. The van der Waals surface area contributed by atoms with Crippen molar-refractivity contribution in [2.45, 2.75) is 6.54 Å².